The highest BCUT2D eigenvalue weighted by Gasteiger charge is 2.00. The van der Waals surface area contributed by atoms with Crippen molar-refractivity contribution in [3.05, 3.63) is 48.7 Å². The zero-order valence-corrected chi connectivity index (χ0v) is 10.2. The second kappa shape index (κ2) is 5.82. The number of benzene rings is 1. The molecule has 0 aliphatic carbocycles. The second-order valence-corrected chi connectivity index (χ2v) is 3.82. The summed E-state index contributed by atoms with van der Waals surface area (Å²) >= 11 is 0. The Balaban J connectivity index is 2.02. The maximum Gasteiger partial charge on any atom is 0.225 e. The Morgan fingerprint density at radius 1 is 1.11 bits per heavy atom. The summed E-state index contributed by atoms with van der Waals surface area (Å²) in [5.41, 5.74) is 1.89. The molecule has 4 heteroatoms. The number of carbonyl (C=O) groups excluding carboxylic acids is 1. The maximum absolute atomic E-state index is 11.2. The molecule has 18 heavy (non-hydrogen) atoms. The van der Waals surface area contributed by atoms with Gasteiger partial charge >= 0.3 is 0 Å². The van der Waals surface area contributed by atoms with Crippen LogP contribution in [0, 0.1) is 0 Å². The third kappa shape index (κ3) is 3.31. The van der Waals surface area contributed by atoms with Gasteiger partial charge in [-0.2, -0.15) is 0 Å². The van der Waals surface area contributed by atoms with Crippen molar-refractivity contribution in [1.29, 1.82) is 0 Å². The lowest BCUT2D eigenvalue weighted by Gasteiger charge is -2.07. The van der Waals surface area contributed by atoms with E-state index in [9.17, 15) is 4.79 Å². The van der Waals surface area contributed by atoms with Gasteiger partial charge in [0.2, 0.25) is 5.91 Å². The Morgan fingerprint density at radius 2 is 1.89 bits per heavy atom. The minimum Gasteiger partial charge on any atom is -0.354 e. The van der Waals surface area contributed by atoms with E-state index in [0.29, 0.717) is 12.2 Å². The number of pyridine rings is 1. The molecule has 92 valence electrons. The molecule has 0 saturated carbocycles. The molecule has 0 aliphatic heterocycles. The monoisotopic (exact) mass is 241 g/mol. The number of carbonyl (C=O) groups is 1. The number of nitrogens with one attached hydrogen (secondary N) is 2. The molecule has 2 rings (SSSR count). The van der Waals surface area contributed by atoms with Crippen molar-refractivity contribution < 1.29 is 4.79 Å². The van der Waals surface area contributed by atoms with Gasteiger partial charge in [-0.15, -0.1) is 0 Å². The molecule has 0 fully saturated rings. The standard InChI is InChI=1S/C14H15N3O/c1-2-14(18)17-13-9-8-12(10-15-13)16-11-6-4-3-5-7-11/h3-10,16H,2H2,1H3,(H,15,17,18). The van der Waals surface area contributed by atoms with Gasteiger partial charge in [0.25, 0.3) is 0 Å². The summed E-state index contributed by atoms with van der Waals surface area (Å²) in [6, 6.07) is 13.5. The highest BCUT2D eigenvalue weighted by Crippen LogP contribution is 2.16. The average molecular weight is 241 g/mol. The molecule has 4 nitrogen and oxygen atoms in total. The summed E-state index contributed by atoms with van der Waals surface area (Å²) < 4.78 is 0. The van der Waals surface area contributed by atoms with Crippen molar-refractivity contribution >= 4 is 23.1 Å². The molecule has 1 heterocycles. The lowest BCUT2D eigenvalue weighted by atomic mass is 10.3. The number of anilines is 3. The Labute approximate surface area is 106 Å². The van der Waals surface area contributed by atoms with E-state index in [1.807, 2.05) is 36.4 Å². The van der Waals surface area contributed by atoms with E-state index in [0.717, 1.165) is 11.4 Å². The molecule has 1 aromatic heterocycles. The molecule has 0 bridgehead atoms. The maximum atomic E-state index is 11.2. The van der Waals surface area contributed by atoms with Gasteiger partial charge in [-0.25, -0.2) is 4.98 Å². The van der Waals surface area contributed by atoms with Crippen molar-refractivity contribution in [2.24, 2.45) is 0 Å². The number of hydrogen-bond acceptors (Lipinski definition) is 3. The van der Waals surface area contributed by atoms with Crippen LogP contribution in [-0.4, -0.2) is 10.9 Å². The predicted octanol–water partition coefficient (Wildman–Crippen LogP) is 3.17. The summed E-state index contributed by atoms with van der Waals surface area (Å²) in [5, 5.41) is 5.93. The first-order valence-electron chi connectivity index (χ1n) is 5.86. The van der Waals surface area contributed by atoms with Crippen molar-refractivity contribution in [3.63, 3.8) is 0 Å². The minimum atomic E-state index is -0.0359. The smallest absolute Gasteiger partial charge is 0.225 e. The first-order chi connectivity index (χ1) is 8.78. The zero-order valence-electron chi connectivity index (χ0n) is 10.2. The summed E-state index contributed by atoms with van der Waals surface area (Å²) in [7, 11) is 0. The molecule has 1 amide bonds. The zero-order chi connectivity index (χ0) is 12.8. The number of aromatic nitrogens is 1. The molecule has 0 atom stereocenters. The summed E-state index contributed by atoms with van der Waals surface area (Å²) in [6.45, 7) is 1.81. The molecule has 0 saturated heterocycles. The summed E-state index contributed by atoms with van der Waals surface area (Å²) in [5.74, 6) is 0.534. The van der Waals surface area contributed by atoms with Gasteiger partial charge in [-0.1, -0.05) is 25.1 Å². The Hall–Kier alpha value is -2.36. The molecule has 1 aromatic carbocycles. The fourth-order valence-corrected chi connectivity index (χ4v) is 1.46. The average Bonchev–Trinajstić information content (AvgIpc) is 2.42. The number of amides is 1. The first kappa shape index (κ1) is 12.1. The molecular weight excluding hydrogens is 226 g/mol. The molecule has 0 radical (unpaired) electrons. The van der Waals surface area contributed by atoms with Crippen molar-refractivity contribution in [3.8, 4) is 0 Å². The van der Waals surface area contributed by atoms with Crippen LogP contribution in [0.4, 0.5) is 17.2 Å². The quantitative estimate of drug-likeness (QED) is 0.864. The van der Waals surface area contributed by atoms with Crippen molar-refractivity contribution in [2.75, 3.05) is 10.6 Å². The fourth-order valence-electron chi connectivity index (χ4n) is 1.46. The topological polar surface area (TPSA) is 54.0 Å². The van der Waals surface area contributed by atoms with Crippen molar-refractivity contribution in [2.45, 2.75) is 13.3 Å². The predicted molar refractivity (Wildman–Crippen MR) is 72.9 cm³/mol. The molecular formula is C14H15N3O. The lowest BCUT2D eigenvalue weighted by molar-refractivity contribution is -0.115. The first-order valence-corrected chi connectivity index (χ1v) is 5.86. The largest absolute Gasteiger partial charge is 0.354 e. The minimum absolute atomic E-state index is 0.0359. The molecule has 2 N–H and O–H groups in total. The van der Waals surface area contributed by atoms with Gasteiger partial charge < -0.3 is 10.6 Å². The summed E-state index contributed by atoms with van der Waals surface area (Å²) in [4.78, 5) is 15.4. The second-order valence-electron chi connectivity index (χ2n) is 3.82. The van der Waals surface area contributed by atoms with E-state index in [1.165, 1.54) is 0 Å². The van der Waals surface area contributed by atoms with Crippen LogP contribution in [0.5, 0.6) is 0 Å². The van der Waals surface area contributed by atoms with Gasteiger partial charge in [-0.05, 0) is 24.3 Å². The number of hydrogen-bond donors (Lipinski definition) is 2. The van der Waals surface area contributed by atoms with Crippen molar-refractivity contribution in [1.82, 2.24) is 4.98 Å². The highest BCUT2D eigenvalue weighted by atomic mass is 16.1. The van der Waals surface area contributed by atoms with Crippen LogP contribution in [-0.2, 0) is 4.79 Å². The van der Waals surface area contributed by atoms with Crippen LogP contribution in [0.15, 0.2) is 48.7 Å². The highest BCUT2D eigenvalue weighted by molar-refractivity contribution is 5.89. The van der Waals surface area contributed by atoms with Crippen LogP contribution < -0.4 is 10.6 Å². The Bertz CT molecular complexity index is 508. The third-order valence-electron chi connectivity index (χ3n) is 2.41. The van der Waals surface area contributed by atoms with Crippen LogP contribution in [0.1, 0.15) is 13.3 Å². The van der Waals surface area contributed by atoms with E-state index < -0.39 is 0 Å². The van der Waals surface area contributed by atoms with Gasteiger partial charge in [0.1, 0.15) is 5.82 Å². The van der Waals surface area contributed by atoms with Crippen LogP contribution in [0.3, 0.4) is 0 Å². The SMILES string of the molecule is CCC(=O)Nc1ccc(Nc2ccccc2)cn1. The molecule has 2 aromatic rings. The Kier molecular flexibility index (Phi) is 3.91. The van der Waals surface area contributed by atoms with E-state index in [-0.39, 0.29) is 5.91 Å². The summed E-state index contributed by atoms with van der Waals surface area (Å²) in [6.07, 6.45) is 2.14. The van der Waals surface area contributed by atoms with Gasteiger partial charge in [0, 0.05) is 12.1 Å². The van der Waals surface area contributed by atoms with Crippen LogP contribution >= 0.6 is 0 Å². The third-order valence-corrected chi connectivity index (χ3v) is 2.41. The molecule has 0 spiro atoms. The molecule has 0 unspecified atom stereocenters. The number of para-hydroxylation sites is 1. The van der Waals surface area contributed by atoms with E-state index in [1.54, 1.807) is 19.2 Å². The lowest BCUT2D eigenvalue weighted by Crippen LogP contribution is -2.10. The number of nitrogens with zero attached hydrogens (tertiary/aromatic N) is 1. The van der Waals surface area contributed by atoms with Crippen LogP contribution in [0.25, 0.3) is 0 Å². The number of rotatable bonds is 4. The normalized spacial score (nSPS) is 9.83. The van der Waals surface area contributed by atoms with E-state index in [2.05, 4.69) is 15.6 Å². The van der Waals surface area contributed by atoms with E-state index >= 15 is 0 Å². The van der Waals surface area contributed by atoms with Gasteiger partial charge in [0.15, 0.2) is 0 Å². The van der Waals surface area contributed by atoms with Gasteiger partial charge in [0.05, 0.1) is 11.9 Å². The van der Waals surface area contributed by atoms with Crippen LogP contribution in [0.2, 0.25) is 0 Å². The van der Waals surface area contributed by atoms with E-state index in [4.69, 9.17) is 0 Å². The molecule has 0 aliphatic rings. The fraction of sp³-hybridized carbons (Fsp3) is 0.143. The van der Waals surface area contributed by atoms with Gasteiger partial charge in [-0.3, -0.25) is 4.79 Å². The Morgan fingerprint density at radius 3 is 2.50 bits per heavy atom.